The van der Waals surface area contributed by atoms with Crippen LogP contribution >= 0.6 is 0 Å². The molecule has 2 bridgehead atoms. The summed E-state index contributed by atoms with van der Waals surface area (Å²) in [6.07, 6.45) is 6.95. The molecule has 0 radical (unpaired) electrons. The van der Waals surface area contributed by atoms with E-state index in [1.165, 1.54) is 24.8 Å². The fraction of sp³-hybridized carbons (Fsp3) is 0.818. The quantitative estimate of drug-likeness (QED) is 0.593. The summed E-state index contributed by atoms with van der Waals surface area (Å²) in [4.78, 5) is 0. The van der Waals surface area contributed by atoms with Crippen molar-refractivity contribution in [2.75, 3.05) is 0 Å². The lowest BCUT2D eigenvalue weighted by Crippen LogP contribution is -2.32. The largest absolute Gasteiger partial charge is 0.385 e. The highest BCUT2D eigenvalue weighted by Crippen LogP contribution is 2.51. The molecule has 3 atom stereocenters. The Kier molecular flexibility index (Phi) is 1.80. The van der Waals surface area contributed by atoms with Crippen molar-refractivity contribution in [2.24, 2.45) is 11.8 Å². The zero-order chi connectivity index (χ0) is 8.77. The Labute approximate surface area is 74.5 Å². The molecule has 1 nitrogen and oxygen atoms in total. The monoisotopic (exact) mass is 166 g/mol. The first-order valence-corrected chi connectivity index (χ1v) is 4.98. The summed E-state index contributed by atoms with van der Waals surface area (Å²) in [6, 6.07) is 0. The van der Waals surface area contributed by atoms with Crippen LogP contribution in [0, 0.1) is 11.8 Å². The van der Waals surface area contributed by atoms with E-state index in [1.54, 1.807) is 0 Å². The van der Waals surface area contributed by atoms with Crippen molar-refractivity contribution in [3.05, 3.63) is 11.6 Å². The number of hydrogen-bond donors (Lipinski definition) is 1. The standard InChI is InChI=1S/C11H18O/c1-8(2)6-11(12)7-9-3-4-10(11)5-9/h6,9-10,12H,3-5,7H2,1-2H3. The van der Waals surface area contributed by atoms with Crippen LogP contribution in [-0.4, -0.2) is 10.7 Å². The second kappa shape index (κ2) is 2.59. The zero-order valence-corrected chi connectivity index (χ0v) is 8.01. The average Bonchev–Trinajstić information content (AvgIpc) is 2.42. The van der Waals surface area contributed by atoms with E-state index in [2.05, 4.69) is 19.9 Å². The first kappa shape index (κ1) is 8.31. The van der Waals surface area contributed by atoms with E-state index in [1.807, 2.05) is 0 Å². The summed E-state index contributed by atoms with van der Waals surface area (Å²) in [5, 5.41) is 10.3. The molecular formula is C11H18O. The van der Waals surface area contributed by atoms with Crippen LogP contribution in [0.2, 0.25) is 0 Å². The van der Waals surface area contributed by atoms with Crippen molar-refractivity contribution in [3.8, 4) is 0 Å². The molecule has 0 aromatic carbocycles. The fourth-order valence-electron chi connectivity index (χ4n) is 3.02. The van der Waals surface area contributed by atoms with Crippen molar-refractivity contribution in [1.29, 1.82) is 0 Å². The minimum atomic E-state index is -0.429. The smallest absolute Gasteiger partial charge is 0.0860 e. The molecule has 2 aliphatic carbocycles. The third-order valence-corrected chi connectivity index (χ3v) is 3.40. The van der Waals surface area contributed by atoms with Crippen LogP contribution in [0.5, 0.6) is 0 Å². The molecule has 0 aromatic rings. The van der Waals surface area contributed by atoms with Gasteiger partial charge in [-0.25, -0.2) is 0 Å². The van der Waals surface area contributed by atoms with Gasteiger partial charge < -0.3 is 5.11 Å². The topological polar surface area (TPSA) is 20.2 Å². The molecule has 12 heavy (non-hydrogen) atoms. The fourth-order valence-corrected chi connectivity index (χ4v) is 3.02. The summed E-state index contributed by atoms with van der Waals surface area (Å²) < 4.78 is 0. The Hall–Kier alpha value is -0.300. The third-order valence-electron chi connectivity index (χ3n) is 3.40. The van der Waals surface area contributed by atoms with Gasteiger partial charge >= 0.3 is 0 Å². The van der Waals surface area contributed by atoms with Crippen molar-refractivity contribution in [1.82, 2.24) is 0 Å². The second-order valence-electron chi connectivity index (χ2n) is 4.79. The molecule has 0 spiro atoms. The van der Waals surface area contributed by atoms with Crippen molar-refractivity contribution in [2.45, 2.75) is 45.1 Å². The molecule has 2 saturated carbocycles. The van der Waals surface area contributed by atoms with E-state index in [9.17, 15) is 5.11 Å². The Morgan fingerprint density at radius 3 is 2.58 bits per heavy atom. The maximum Gasteiger partial charge on any atom is 0.0860 e. The molecule has 2 rings (SSSR count). The van der Waals surface area contributed by atoms with Crippen LogP contribution in [0.1, 0.15) is 39.5 Å². The van der Waals surface area contributed by atoms with Crippen LogP contribution in [-0.2, 0) is 0 Å². The van der Waals surface area contributed by atoms with Gasteiger partial charge in [0.25, 0.3) is 0 Å². The van der Waals surface area contributed by atoms with Crippen LogP contribution in [0.25, 0.3) is 0 Å². The Balaban J connectivity index is 2.18. The maximum atomic E-state index is 10.3. The van der Waals surface area contributed by atoms with Gasteiger partial charge in [0.2, 0.25) is 0 Å². The van der Waals surface area contributed by atoms with E-state index >= 15 is 0 Å². The number of aliphatic hydroxyl groups is 1. The van der Waals surface area contributed by atoms with Crippen LogP contribution < -0.4 is 0 Å². The lowest BCUT2D eigenvalue weighted by atomic mass is 9.83. The number of rotatable bonds is 1. The molecule has 3 unspecified atom stereocenters. The van der Waals surface area contributed by atoms with Gasteiger partial charge in [0, 0.05) is 0 Å². The highest BCUT2D eigenvalue weighted by molar-refractivity contribution is 5.15. The van der Waals surface area contributed by atoms with Crippen LogP contribution in [0.4, 0.5) is 0 Å². The molecule has 0 saturated heterocycles. The summed E-state index contributed by atoms with van der Waals surface area (Å²) in [6.45, 7) is 4.15. The minimum absolute atomic E-state index is 0.429. The number of fused-ring (bicyclic) bond motifs is 2. The Bertz CT molecular complexity index is 215. The molecule has 0 amide bonds. The van der Waals surface area contributed by atoms with E-state index < -0.39 is 5.60 Å². The van der Waals surface area contributed by atoms with Gasteiger partial charge in [0.05, 0.1) is 5.60 Å². The van der Waals surface area contributed by atoms with Crippen LogP contribution in [0.3, 0.4) is 0 Å². The molecule has 0 heterocycles. The van der Waals surface area contributed by atoms with Crippen LogP contribution in [0.15, 0.2) is 11.6 Å². The van der Waals surface area contributed by atoms with Gasteiger partial charge in [-0.3, -0.25) is 0 Å². The molecule has 0 aliphatic heterocycles. The lowest BCUT2D eigenvalue weighted by Gasteiger charge is -2.29. The normalized spacial score (nSPS) is 44.9. The van der Waals surface area contributed by atoms with Crippen molar-refractivity contribution < 1.29 is 5.11 Å². The Morgan fingerprint density at radius 1 is 1.42 bits per heavy atom. The highest BCUT2D eigenvalue weighted by Gasteiger charge is 2.48. The molecule has 1 N–H and O–H groups in total. The van der Waals surface area contributed by atoms with E-state index in [0.717, 1.165) is 12.3 Å². The summed E-state index contributed by atoms with van der Waals surface area (Å²) in [5.41, 5.74) is 0.826. The van der Waals surface area contributed by atoms with E-state index in [-0.39, 0.29) is 0 Å². The van der Waals surface area contributed by atoms with Gasteiger partial charge in [0.1, 0.15) is 0 Å². The van der Waals surface area contributed by atoms with Crippen molar-refractivity contribution in [3.63, 3.8) is 0 Å². The lowest BCUT2D eigenvalue weighted by molar-refractivity contribution is 0.0334. The van der Waals surface area contributed by atoms with Gasteiger partial charge in [-0.15, -0.1) is 0 Å². The van der Waals surface area contributed by atoms with E-state index in [0.29, 0.717) is 5.92 Å². The van der Waals surface area contributed by atoms with E-state index in [4.69, 9.17) is 0 Å². The molecule has 1 heteroatoms. The van der Waals surface area contributed by atoms with Gasteiger partial charge in [-0.05, 0) is 51.4 Å². The third kappa shape index (κ3) is 1.20. The molecule has 2 fully saturated rings. The van der Waals surface area contributed by atoms with Gasteiger partial charge in [-0.1, -0.05) is 11.6 Å². The van der Waals surface area contributed by atoms with Gasteiger partial charge in [-0.2, -0.15) is 0 Å². The summed E-state index contributed by atoms with van der Waals surface area (Å²) >= 11 is 0. The van der Waals surface area contributed by atoms with Crippen molar-refractivity contribution >= 4 is 0 Å². The highest BCUT2D eigenvalue weighted by atomic mass is 16.3. The van der Waals surface area contributed by atoms with Gasteiger partial charge in [0.15, 0.2) is 0 Å². The first-order chi connectivity index (χ1) is 5.60. The molecular weight excluding hydrogens is 148 g/mol. The predicted octanol–water partition coefficient (Wildman–Crippen LogP) is 2.50. The number of hydrogen-bond acceptors (Lipinski definition) is 1. The average molecular weight is 166 g/mol. The summed E-state index contributed by atoms with van der Waals surface area (Å²) in [7, 11) is 0. The zero-order valence-electron chi connectivity index (χ0n) is 8.01. The number of allylic oxidation sites excluding steroid dienone is 1. The predicted molar refractivity (Wildman–Crippen MR) is 49.8 cm³/mol. The summed E-state index contributed by atoms with van der Waals surface area (Å²) in [5.74, 6) is 1.38. The SMILES string of the molecule is CC(C)=CC1(O)CC2CCC1C2. The first-order valence-electron chi connectivity index (χ1n) is 4.98. The molecule has 0 aromatic heterocycles. The molecule has 68 valence electrons. The molecule has 2 aliphatic rings. The Morgan fingerprint density at radius 2 is 2.17 bits per heavy atom. The maximum absolute atomic E-state index is 10.3. The minimum Gasteiger partial charge on any atom is -0.385 e. The second-order valence-corrected chi connectivity index (χ2v) is 4.79.